The van der Waals surface area contributed by atoms with Gasteiger partial charge in [0, 0.05) is 13.0 Å². The van der Waals surface area contributed by atoms with E-state index in [1.54, 1.807) is 0 Å². The molecule has 0 fully saturated rings. The van der Waals surface area contributed by atoms with Gasteiger partial charge in [0.1, 0.15) is 11.9 Å². The maximum atomic E-state index is 5.81. The molecule has 0 amide bonds. The number of hydrogen-bond acceptors (Lipinski definition) is 2. The van der Waals surface area contributed by atoms with E-state index in [4.69, 9.17) is 10.5 Å². The largest absolute Gasteiger partial charge is 0.488 e. The molecule has 0 spiro atoms. The number of rotatable bonds is 4. The van der Waals surface area contributed by atoms with Crippen molar-refractivity contribution < 1.29 is 4.74 Å². The van der Waals surface area contributed by atoms with Crippen LogP contribution in [0.2, 0.25) is 0 Å². The average molecular weight is 375 g/mol. The molecule has 0 saturated carbocycles. The Hall–Kier alpha value is -0.980. The van der Waals surface area contributed by atoms with Gasteiger partial charge < -0.3 is 15.8 Å². The lowest BCUT2D eigenvalue weighted by Crippen LogP contribution is -2.39. The van der Waals surface area contributed by atoms with E-state index in [1.807, 2.05) is 18.2 Å². The van der Waals surface area contributed by atoms with Crippen LogP contribution in [0.1, 0.15) is 19.4 Å². The summed E-state index contributed by atoms with van der Waals surface area (Å²) in [6, 6.07) is 8.14. The van der Waals surface area contributed by atoms with Crippen LogP contribution in [-0.4, -0.2) is 25.2 Å². The van der Waals surface area contributed by atoms with Gasteiger partial charge in [-0.25, -0.2) is 0 Å². The summed E-state index contributed by atoms with van der Waals surface area (Å²) < 4.78 is 5.81. The number of halogens is 1. The minimum atomic E-state index is 0. The van der Waals surface area contributed by atoms with Gasteiger partial charge in [0.05, 0.1) is 6.54 Å². The van der Waals surface area contributed by atoms with Crippen LogP contribution in [0.25, 0.3) is 0 Å². The Balaban J connectivity index is 0.00000180. The predicted octanol–water partition coefficient (Wildman–Crippen LogP) is 2.17. The number of nitrogens with two attached hydrogens (primary N) is 1. The topological polar surface area (TPSA) is 59.6 Å². The van der Waals surface area contributed by atoms with Crippen molar-refractivity contribution in [2.75, 3.05) is 13.1 Å². The van der Waals surface area contributed by atoms with Crippen LogP contribution in [0.3, 0.4) is 0 Å². The third-order valence-corrected chi connectivity index (χ3v) is 2.85. The molecule has 19 heavy (non-hydrogen) atoms. The molecule has 5 heteroatoms. The van der Waals surface area contributed by atoms with Crippen molar-refractivity contribution in [2.24, 2.45) is 16.6 Å². The van der Waals surface area contributed by atoms with Crippen LogP contribution in [0.4, 0.5) is 0 Å². The monoisotopic (exact) mass is 375 g/mol. The van der Waals surface area contributed by atoms with Crippen molar-refractivity contribution in [3.05, 3.63) is 29.8 Å². The third-order valence-electron chi connectivity index (χ3n) is 2.85. The van der Waals surface area contributed by atoms with Gasteiger partial charge >= 0.3 is 0 Å². The Bertz CT molecular complexity index is 409. The van der Waals surface area contributed by atoms with E-state index in [2.05, 4.69) is 30.2 Å². The number of guanidine groups is 1. The second kappa shape index (κ2) is 7.57. The van der Waals surface area contributed by atoms with Gasteiger partial charge in [0.2, 0.25) is 0 Å². The molecular weight excluding hydrogens is 353 g/mol. The highest BCUT2D eigenvalue weighted by molar-refractivity contribution is 14.0. The number of fused-ring (bicyclic) bond motifs is 1. The van der Waals surface area contributed by atoms with Crippen molar-refractivity contribution in [3.63, 3.8) is 0 Å². The normalized spacial score (nSPS) is 17.6. The van der Waals surface area contributed by atoms with Crippen molar-refractivity contribution in [3.8, 4) is 5.75 Å². The van der Waals surface area contributed by atoms with E-state index < -0.39 is 0 Å². The lowest BCUT2D eigenvalue weighted by atomic mass is 10.1. The molecule has 0 bridgehead atoms. The van der Waals surface area contributed by atoms with Gasteiger partial charge in [-0.15, -0.1) is 24.0 Å². The van der Waals surface area contributed by atoms with Crippen molar-refractivity contribution in [1.29, 1.82) is 0 Å². The summed E-state index contributed by atoms with van der Waals surface area (Å²) in [6.07, 6.45) is 1.08. The Kier molecular flexibility index (Phi) is 6.41. The van der Waals surface area contributed by atoms with Crippen LogP contribution < -0.4 is 15.8 Å². The summed E-state index contributed by atoms with van der Waals surface area (Å²) in [5.41, 5.74) is 7.05. The number of aliphatic imine (C=N–C) groups is 1. The SMILES string of the molecule is CC(C)CN=C(N)NCC1Cc2ccccc2O1.I. The molecule has 0 radical (unpaired) electrons. The molecule has 4 nitrogen and oxygen atoms in total. The summed E-state index contributed by atoms with van der Waals surface area (Å²) >= 11 is 0. The molecule has 2 rings (SSSR count). The zero-order chi connectivity index (χ0) is 13.0. The molecule has 1 atom stereocenters. The molecule has 1 aliphatic heterocycles. The summed E-state index contributed by atoms with van der Waals surface area (Å²) in [4.78, 5) is 4.26. The molecule has 1 unspecified atom stereocenters. The van der Waals surface area contributed by atoms with Gasteiger partial charge in [0.15, 0.2) is 5.96 Å². The predicted molar refractivity (Wildman–Crippen MR) is 89.3 cm³/mol. The molecule has 1 aliphatic rings. The van der Waals surface area contributed by atoms with Crippen molar-refractivity contribution in [1.82, 2.24) is 5.32 Å². The average Bonchev–Trinajstić information content (AvgIpc) is 2.76. The molecule has 3 N–H and O–H groups in total. The minimum Gasteiger partial charge on any atom is -0.488 e. The first-order valence-electron chi connectivity index (χ1n) is 6.43. The fraction of sp³-hybridized carbons (Fsp3) is 0.500. The van der Waals surface area contributed by atoms with Crippen LogP contribution >= 0.6 is 24.0 Å². The Morgan fingerprint density at radius 2 is 2.21 bits per heavy atom. The Morgan fingerprint density at radius 3 is 2.89 bits per heavy atom. The first-order valence-corrected chi connectivity index (χ1v) is 6.43. The molecule has 1 aromatic rings. The van der Waals surface area contributed by atoms with Gasteiger partial charge in [0.25, 0.3) is 0 Å². The summed E-state index contributed by atoms with van der Waals surface area (Å²) in [6.45, 7) is 5.69. The Labute approximate surface area is 131 Å². The van der Waals surface area contributed by atoms with Crippen LogP contribution in [0.5, 0.6) is 5.75 Å². The van der Waals surface area contributed by atoms with Gasteiger partial charge in [-0.3, -0.25) is 4.99 Å². The highest BCUT2D eigenvalue weighted by Gasteiger charge is 2.21. The van der Waals surface area contributed by atoms with Gasteiger partial charge in [-0.1, -0.05) is 32.0 Å². The number of para-hydroxylation sites is 1. The zero-order valence-corrected chi connectivity index (χ0v) is 13.8. The van der Waals surface area contributed by atoms with Crippen LogP contribution in [0.15, 0.2) is 29.3 Å². The Morgan fingerprint density at radius 1 is 1.47 bits per heavy atom. The van der Waals surface area contributed by atoms with E-state index in [0.717, 1.165) is 18.7 Å². The quantitative estimate of drug-likeness (QED) is 0.482. The number of nitrogens with zero attached hydrogens (tertiary/aromatic N) is 1. The van der Waals surface area contributed by atoms with Gasteiger partial charge in [-0.05, 0) is 17.5 Å². The highest BCUT2D eigenvalue weighted by atomic mass is 127. The van der Waals surface area contributed by atoms with E-state index in [9.17, 15) is 0 Å². The maximum absolute atomic E-state index is 5.81. The summed E-state index contributed by atoms with van der Waals surface area (Å²) in [5.74, 6) is 2.02. The summed E-state index contributed by atoms with van der Waals surface area (Å²) in [7, 11) is 0. The first-order chi connectivity index (χ1) is 8.65. The second-order valence-electron chi connectivity index (χ2n) is 5.05. The van der Waals surface area contributed by atoms with E-state index in [-0.39, 0.29) is 30.1 Å². The van der Waals surface area contributed by atoms with E-state index in [0.29, 0.717) is 18.4 Å². The van der Waals surface area contributed by atoms with Crippen LogP contribution in [0, 0.1) is 5.92 Å². The van der Waals surface area contributed by atoms with Crippen LogP contribution in [-0.2, 0) is 6.42 Å². The lowest BCUT2D eigenvalue weighted by Gasteiger charge is -2.12. The smallest absolute Gasteiger partial charge is 0.188 e. The first kappa shape index (κ1) is 16.1. The second-order valence-corrected chi connectivity index (χ2v) is 5.05. The fourth-order valence-electron chi connectivity index (χ4n) is 1.92. The molecular formula is C14H22IN3O. The summed E-state index contributed by atoms with van der Waals surface area (Å²) in [5, 5.41) is 3.12. The molecule has 0 aliphatic carbocycles. The highest BCUT2D eigenvalue weighted by Crippen LogP contribution is 2.27. The maximum Gasteiger partial charge on any atom is 0.188 e. The number of ether oxygens (including phenoxy) is 1. The van der Waals surface area contributed by atoms with Crippen molar-refractivity contribution in [2.45, 2.75) is 26.4 Å². The number of benzene rings is 1. The standard InChI is InChI=1S/C14H21N3O.HI/c1-10(2)8-16-14(15)17-9-12-7-11-5-3-4-6-13(11)18-12;/h3-6,10,12H,7-9H2,1-2H3,(H3,15,16,17);1H. The molecule has 1 heterocycles. The van der Waals surface area contributed by atoms with Crippen molar-refractivity contribution >= 4 is 29.9 Å². The van der Waals surface area contributed by atoms with Gasteiger partial charge in [-0.2, -0.15) is 0 Å². The number of nitrogens with one attached hydrogen (secondary N) is 1. The molecule has 106 valence electrons. The molecule has 0 aromatic heterocycles. The third kappa shape index (κ3) is 4.89. The molecule has 1 aromatic carbocycles. The lowest BCUT2D eigenvalue weighted by molar-refractivity contribution is 0.235. The molecule has 0 saturated heterocycles. The minimum absolute atomic E-state index is 0. The van der Waals surface area contributed by atoms with E-state index in [1.165, 1.54) is 5.56 Å². The fourth-order valence-corrected chi connectivity index (χ4v) is 1.92. The number of hydrogen-bond donors (Lipinski definition) is 2. The van der Waals surface area contributed by atoms with E-state index >= 15 is 0 Å². The zero-order valence-electron chi connectivity index (χ0n) is 11.4.